The number of halogens is 1. The lowest BCUT2D eigenvalue weighted by Crippen LogP contribution is -1.60. The Morgan fingerprint density at radius 1 is 1.86 bits per heavy atom. The second-order valence-corrected chi connectivity index (χ2v) is 2.90. The first-order chi connectivity index (χ1) is 3.30. The third kappa shape index (κ3) is 1.01. The number of aromatic nitrogens is 1. The first-order valence-electron chi connectivity index (χ1n) is 1.79. The zero-order valence-electron chi connectivity index (χ0n) is 3.73. The third-order valence-electron chi connectivity index (χ3n) is 0.633. The van der Waals surface area contributed by atoms with Gasteiger partial charge in [-0.2, -0.15) is 0 Å². The molecule has 0 amide bonds. The van der Waals surface area contributed by atoms with Gasteiger partial charge in [-0.25, -0.2) is 4.98 Å². The topological polar surface area (TPSA) is 12.9 Å². The summed E-state index contributed by atoms with van der Waals surface area (Å²) in [4.78, 5) is 5.01. The van der Waals surface area contributed by atoms with Crippen LogP contribution in [0.15, 0.2) is 4.60 Å². The first-order valence-corrected chi connectivity index (χ1v) is 3.40. The molecular weight excluding hydrogens is 174 g/mol. The van der Waals surface area contributed by atoms with Crippen LogP contribution < -0.4 is 0 Å². The number of hydrogen-bond donors (Lipinski definition) is 0. The summed E-state index contributed by atoms with van der Waals surface area (Å²) in [6, 6.07) is 0. The highest BCUT2D eigenvalue weighted by atomic mass is 79.9. The highest BCUT2D eigenvalue weighted by Gasteiger charge is 1.92. The Bertz CT molecular complexity index is 144. The van der Waals surface area contributed by atoms with E-state index in [0.29, 0.717) is 0 Å². The standard InChI is InChI=1S/C4H3BrNS/c1-3-4(5)6-2-7-3/h1H3. The van der Waals surface area contributed by atoms with Gasteiger partial charge in [0.15, 0.2) is 5.51 Å². The predicted molar refractivity (Wildman–Crippen MR) is 33.4 cm³/mol. The molecule has 1 rings (SSSR count). The molecular formula is C4H3BrNS. The summed E-state index contributed by atoms with van der Waals surface area (Å²) in [7, 11) is 0. The lowest BCUT2D eigenvalue weighted by atomic mass is 10.7. The maximum Gasteiger partial charge on any atom is 0.153 e. The fourth-order valence-corrected chi connectivity index (χ4v) is 1.10. The molecule has 0 spiro atoms. The van der Waals surface area contributed by atoms with Crippen LogP contribution in [0.4, 0.5) is 0 Å². The van der Waals surface area contributed by atoms with Gasteiger partial charge in [0, 0.05) is 4.88 Å². The number of nitrogens with zero attached hydrogens (tertiary/aromatic N) is 1. The van der Waals surface area contributed by atoms with Gasteiger partial charge in [-0.3, -0.25) is 0 Å². The van der Waals surface area contributed by atoms with Crippen LogP contribution in [-0.2, 0) is 0 Å². The molecule has 0 bridgehead atoms. The van der Waals surface area contributed by atoms with Crippen LogP contribution in [0.2, 0.25) is 0 Å². The fraction of sp³-hybridized carbons (Fsp3) is 0.250. The quantitative estimate of drug-likeness (QED) is 0.590. The van der Waals surface area contributed by atoms with Gasteiger partial charge in [0.25, 0.3) is 0 Å². The Morgan fingerprint density at radius 3 is 2.71 bits per heavy atom. The normalized spacial score (nSPS) is 9.43. The van der Waals surface area contributed by atoms with E-state index in [-0.39, 0.29) is 0 Å². The molecule has 37 valence electrons. The molecule has 1 nitrogen and oxygen atoms in total. The van der Waals surface area contributed by atoms with Crippen molar-refractivity contribution < 1.29 is 0 Å². The molecule has 0 aliphatic carbocycles. The summed E-state index contributed by atoms with van der Waals surface area (Å²) in [5.74, 6) is 0. The van der Waals surface area contributed by atoms with Crippen LogP contribution in [-0.4, -0.2) is 4.98 Å². The molecule has 1 radical (unpaired) electrons. The van der Waals surface area contributed by atoms with E-state index in [4.69, 9.17) is 0 Å². The molecule has 0 unspecified atom stereocenters. The van der Waals surface area contributed by atoms with Crippen LogP contribution in [0.1, 0.15) is 4.88 Å². The molecule has 3 heteroatoms. The van der Waals surface area contributed by atoms with E-state index in [1.54, 1.807) is 0 Å². The van der Waals surface area contributed by atoms with Gasteiger partial charge in [0.05, 0.1) is 0 Å². The maximum atomic E-state index is 3.83. The second-order valence-electron chi connectivity index (χ2n) is 1.15. The number of thiazole rings is 1. The molecule has 0 saturated heterocycles. The van der Waals surface area contributed by atoms with Crippen molar-refractivity contribution in [2.24, 2.45) is 0 Å². The largest absolute Gasteiger partial charge is 0.226 e. The summed E-state index contributed by atoms with van der Waals surface area (Å²) in [5.41, 5.74) is 2.74. The smallest absolute Gasteiger partial charge is 0.153 e. The van der Waals surface area contributed by atoms with Gasteiger partial charge in [-0.1, -0.05) is 0 Å². The molecule has 0 aromatic carbocycles. The molecule has 0 aliphatic heterocycles. The zero-order valence-corrected chi connectivity index (χ0v) is 6.14. The van der Waals surface area contributed by atoms with Gasteiger partial charge >= 0.3 is 0 Å². The Kier molecular flexibility index (Phi) is 1.44. The monoisotopic (exact) mass is 176 g/mol. The summed E-state index contributed by atoms with van der Waals surface area (Å²) in [6.07, 6.45) is 0. The van der Waals surface area contributed by atoms with Crippen LogP contribution in [0.5, 0.6) is 0 Å². The number of hydrogen-bond acceptors (Lipinski definition) is 2. The molecule has 7 heavy (non-hydrogen) atoms. The Labute approximate surface area is 54.5 Å². The summed E-state index contributed by atoms with van der Waals surface area (Å²) in [6.45, 7) is 2.00. The molecule has 0 N–H and O–H groups in total. The maximum absolute atomic E-state index is 3.83. The van der Waals surface area contributed by atoms with Crippen LogP contribution in [0.3, 0.4) is 0 Å². The molecule has 0 aliphatic rings. The van der Waals surface area contributed by atoms with E-state index >= 15 is 0 Å². The Balaban J connectivity index is 3.12. The van der Waals surface area contributed by atoms with Crippen molar-refractivity contribution in [1.82, 2.24) is 4.98 Å². The van der Waals surface area contributed by atoms with Crippen LogP contribution in [0.25, 0.3) is 0 Å². The molecule has 1 aromatic rings. The highest BCUT2D eigenvalue weighted by Crippen LogP contribution is 2.15. The average molecular weight is 177 g/mol. The number of aryl methyl sites for hydroxylation is 1. The molecule has 1 heterocycles. The SMILES string of the molecule is Cc1s[c]nc1Br. The highest BCUT2D eigenvalue weighted by molar-refractivity contribution is 9.10. The van der Waals surface area contributed by atoms with Gasteiger partial charge in [0.1, 0.15) is 4.60 Å². The molecule has 0 fully saturated rings. The summed E-state index contributed by atoms with van der Waals surface area (Å²) in [5, 5.41) is 0. The van der Waals surface area contributed by atoms with Crippen molar-refractivity contribution in [3.8, 4) is 0 Å². The van der Waals surface area contributed by atoms with E-state index < -0.39 is 0 Å². The van der Waals surface area contributed by atoms with Crippen molar-refractivity contribution in [3.05, 3.63) is 15.0 Å². The van der Waals surface area contributed by atoms with E-state index in [1.165, 1.54) is 16.2 Å². The van der Waals surface area contributed by atoms with Gasteiger partial charge < -0.3 is 0 Å². The Hall–Kier alpha value is 0.110. The summed E-state index contributed by atoms with van der Waals surface area (Å²) < 4.78 is 0.914. The van der Waals surface area contributed by atoms with Crippen molar-refractivity contribution in [2.75, 3.05) is 0 Å². The minimum atomic E-state index is 0.914. The van der Waals surface area contributed by atoms with Gasteiger partial charge in [-0.15, -0.1) is 11.3 Å². The van der Waals surface area contributed by atoms with Crippen molar-refractivity contribution >= 4 is 27.3 Å². The zero-order chi connectivity index (χ0) is 5.28. The van der Waals surface area contributed by atoms with Crippen molar-refractivity contribution in [1.29, 1.82) is 0 Å². The van der Waals surface area contributed by atoms with Crippen molar-refractivity contribution in [3.63, 3.8) is 0 Å². The lowest BCUT2D eigenvalue weighted by molar-refractivity contribution is 1.32. The Morgan fingerprint density at radius 2 is 2.57 bits per heavy atom. The average Bonchev–Trinajstić information content (AvgIpc) is 1.91. The van der Waals surface area contributed by atoms with E-state index in [2.05, 4.69) is 26.4 Å². The summed E-state index contributed by atoms with van der Waals surface area (Å²) >= 11 is 4.75. The van der Waals surface area contributed by atoms with E-state index in [1.807, 2.05) is 6.92 Å². The fourth-order valence-electron chi connectivity index (χ4n) is 0.252. The second kappa shape index (κ2) is 1.92. The third-order valence-corrected chi connectivity index (χ3v) is 2.35. The first kappa shape index (κ1) is 5.25. The van der Waals surface area contributed by atoms with E-state index in [9.17, 15) is 0 Å². The minimum Gasteiger partial charge on any atom is -0.226 e. The minimum absolute atomic E-state index is 0.914. The van der Waals surface area contributed by atoms with Crippen LogP contribution >= 0.6 is 27.3 Å². The molecule has 1 aromatic heterocycles. The lowest BCUT2D eigenvalue weighted by Gasteiger charge is -1.74. The van der Waals surface area contributed by atoms with Gasteiger partial charge in [0.2, 0.25) is 0 Å². The van der Waals surface area contributed by atoms with Gasteiger partial charge in [-0.05, 0) is 22.9 Å². The molecule has 0 atom stereocenters. The molecule has 0 saturated carbocycles. The van der Waals surface area contributed by atoms with Crippen molar-refractivity contribution in [2.45, 2.75) is 6.92 Å². The van der Waals surface area contributed by atoms with E-state index in [0.717, 1.165) is 4.60 Å². The number of rotatable bonds is 0. The predicted octanol–water partition coefficient (Wildman–Crippen LogP) is 2.01. The van der Waals surface area contributed by atoms with Crippen LogP contribution in [0, 0.1) is 12.4 Å².